The maximum atomic E-state index is 10.9. The first kappa shape index (κ1) is 12.2. The number of allylic oxidation sites excluding steroid dienone is 1. The predicted molar refractivity (Wildman–Crippen MR) is 73.0 cm³/mol. The van der Waals surface area contributed by atoms with Crippen molar-refractivity contribution >= 4 is 6.08 Å². The van der Waals surface area contributed by atoms with Gasteiger partial charge in [0.05, 0.1) is 7.11 Å². The Kier molecular flexibility index (Phi) is 3.00. The SMILES string of the molecule is COc1ccc2c(c1)[C@@]1(N=C=O)CC=CC[C@H]1CC2. The molecule has 0 aromatic heterocycles. The van der Waals surface area contributed by atoms with Crippen molar-refractivity contribution in [2.75, 3.05) is 7.11 Å². The van der Waals surface area contributed by atoms with E-state index in [1.165, 1.54) is 5.56 Å². The third-order valence-corrected chi connectivity index (χ3v) is 4.48. The van der Waals surface area contributed by atoms with E-state index in [2.05, 4.69) is 23.2 Å². The van der Waals surface area contributed by atoms with Gasteiger partial charge in [-0.05, 0) is 54.9 Å². The molecule has 3 nitrogen and oxygen atoms in total. The van der Waals surface area contributed by atoms with Gasteiger partial charge in [0.1, 0.15) is 11.3 Å². The summed E-state index contributed by atoms with van der Waals surface area (Å²) < 4.78 is 5.32. The molecule has 3 heteroatoms. The Balaban J connectivity index is 2.20. The highest BCUT2D eigenvalue weighted by atomic mass is 16.5. The van der Waals surface area contributed by atoms with E-state index in [0.717, 1.165) is 37.0 Å². The summed E-state index contributed by atoms with van der Waals surface area (Å²) in [7, 11) is 1.67. The molecule has 0 amide bonds. The van der Waals surface area contributed by atoms with Crippen molar-refractivity contribution in [1.29, 1.82) is 0 Å². The average molecular weight is 255 g/mol. The van der Waals surface area contributed by atoms with Gasteiger partial charge in [-0.3, -0.25) is 0 Å². The molecule has 0 unspecified atom stereocenters. The number of methoxy groups -OCH3 is 1. The fraction of sp³-hybridized carbons (Fsp3) is 0.438. The quantitative estimate of drug-likeness (QED) is 0.462. The summed E-state index contributed by atoms with van der Waals surface area (Å²) in [4.78, 5) is 15.2. The Morgan fingerprint density at radius 2 is 2.32 bits per heavy atom. The fourth-order valence-electron chi connectivity index (χ4n) is 3.48. The average Bonchev–Trinajstić information content (AvgIpc) is 2.47. The van der Waals surface area contributed by atoms with Crippen LogP contribution in [0.4, 0.5) is 0 Å². The molecule has 2 aliphatic carbocycles. The molecule has 0 saturated heterocycles. The highest BCUT2D eigenvalue weighted by Gasteiger charge is 2.44. The number of benzene rings is 1. The smallest absolute Gasteiger partial charge is 0.235 e. The number of hydrogen-bond donors (Lipinski definition) is 0. The summed E-state index contributed by atoms with van der Waals surface area (Å²) in [5.74, 6) is 1.23. The Labute approximate surface area is 113 Å². The van der Waals surface area contributed by atoms with Crippen LogP contribution < -0.4 is 4.74 Å². The van der Waals surface area contributed by atoms with Crippen molar-refractivity contribution in [2.24, 2.45) is 10.9 Å². The van der Waals surface area contributed by atoms with E-state index >= 15 is 0 Å². The molecule has 0 N–H and O–H groups in total. The van der Waals surface area contributed by atoms with Crippen LogP contribution in [0.5, 0.6) is 5.75 Å². The zero-order valence-electron chi connectivity index (χ0n) is 11.1. The molecule has 0 aliphatic heterocycles. The van der Waals surface area contributed by atoms with Crippen LogP contribution in [-0.2, 0) is 16.8 Å². The highest BCUT2D eigenvalue weighted by molar-refractivity contribution is 5.47. The molecule has 0 spiro atoms. The molecule has 0 heterocycles. The Hall–Kier alpha value is -1.86. The second kappa shape index (κ2) is 4.67. The molecule has 2 aliphatic rings. The molecule has 2 atom stereocenters. The molecule has 0 bridgehead atoms. The molecular weight excluding hydrogens is 238 g/mol. The maximum absolute atomic E-state index is 10.9. The number of hydrogen-bond acceptors (Lipinski definition) is 3. The number of nitrogens with zero attached hydrogens (tertiary/aromatic N) is 1. The van der Waals surface area contributed by atoms with Gasteiger partial charge < -0.3 is 4.74 Å². The lowest BCUT2D eigenvalue weighted by molar-refractivity contribution is 0.233. The minimum atomic E-state index is -0.418. The first-order valence-electron chi connectivity index (χ1n) is 6.71. The normalized spacial score (nSPS) is 27.9. The molecule has 19 heavy (non-hydrogen) atoms. The highest BCUT2D eigenvalue weighted by Crippen LogP contribution is 2.49. The zero-order valence-corrected chi connectivity index (χ0v) is 11.1. The van der Waals surface area contributed by atoms with Gasteiger partial charge in [0.2, 0.25) is 6.08 Å². The number of fused-ring (bicyclic) bond motifs is 3. The number of carbonyl (C=O) groups excluding carboxylic acids is 1. The lowest BCUT2D eigenvalue weighted by Gasteiger charge is -2.43. The first-order chi connectivity index (χ1) is 9.30. The molecule has 0 saturated carbocycles. The molecule has 0 fully saturated rings. The monoisotopic (exact) mass is 255 g/mol. The minimum Gasteiger partial charge on any atom is -0.497 e. The second-order valence-electron chi connectivity index (χ2n) is 5.30. The topological polar surface area (TPSA) is 38.7 Å². The molecule has 1 aromatic rings. The number of isocyanates is 1. The van der Waals surface area contributed by atoms with Crippen LogP contribution in [-0.4, -0.2) is 13.2 Å². The van der Waals surface area contributed by atoms with E-state index in [9.17, 15) is 4.79 Å². The van der Waals surface area contributed by atoms with Crippen molar-refractivity contribution in [2.45, 2.75) is 31.2 Å². The van der Waals surface area contributed by atoms with Gasteiger partial charge >= 0.3 is 0 Å². The van der Waals surface area contributed by atoms with E-state index in [4.69, 9.17) is 4.74 Å². The zero-order chi connectivity index (χ0) is 13.3. The van der Waals surface area contributed by atoms with Crippen molar-refractivity contribution in [3.8, 4) is 5.75 Å². The van der Waals surface area contributed by atoms with Crippen LogP contribution in [0.2, 0.25) is 0 Å². The third kappa shape index (κ3) is 1.82. The maximum Gasteiger partial charge on any atom is 0.235 e. The van der Waals surface area contributed by atoms with Crippen LogP contribution in [0.3, 0.4) is 0 Å². The molecule has 98 valence electrons. The molecule has 0 radical (unpaired) electrons. The number of aryl methyl sites for hydroxylation is 1. The standard InChI is InChI=1S/C16H17NO2/c1-19-14-8-6-12-5-7-13-4-2-3-9-16(13,17-11-18)15(12)10-14/h2-3,6,8,10,13H,4-5,7,9H2,1H3/t13-,16+/m0/s1. The molecule has 1 aromatic carbocycles. The lowest BCUT2D eigenvalue weighted by Crippen LogP contribution is -2.39. The number of ether oxygens (including phenoxy) is 1. The minimum absolute atomic E-state index is 0.401. The van der Waals surface area contributed by atoms with Crippen molar-refractivity contribution in [3.05, 3.63) is 41.5 Å². The van der Waals surface area contributed by atoms with Crippen LogP contribution in [0.1, 0.15) is 30.4 Å². The van der Waals surface area contributed by atoms with Gasteiger partial charge in [-0.1, -0.05) is 18.2 Å². The largest absolute Gasteiger partial charge is 0.497 e. The number of aliphatic imine (C=N–C) groups is 1. The van der Waals surface area contributed by atoms with Crippen molar-refractivity contribution in [3.63, 3.8) is 0 Å². The predicted octanol–water partition coefficient (Wildman–Crippen LogP) is 3.14. The summed E-state index contributed by atoms with van der Waals surface area (Å²) >= 11 is 0. The molecular formula is C16H17NO2. The van der Waals surface area contributed by atoms with Gasteiger partial charge in [0.25, 0.3) is 0 Å². The van der Waals surface area contributed by atoms with E-state index in [1.807, 2.05) is 12.1 Å². The van der Waals surface area contributed by atoms with E-state index in [0.29, 0.717) is 5.92 Å². The number of rotatable bonds is 2. The van der Waals surface area contributed by atoms with Gasteiger partial charge in [-0.2, -0.15) is 4.99 Å². The van der Waals surface area contributed by atoms with Gasteiger partial charge in [0, 0.05) is 0 Å². The van der Waals surface area contributed by atoms with Gasteiger partial charge in [0.15, 0.2) is 0 Å². The van der Waals surface area contributed by atoms with E-state index in [1.54, 1.807) is 13.2 Å². The summed E-state index contributed by atoms with van der Waals surface area (Å²) in [5.41, 5.74) is 2.01. The van der Waals surface area contributed by atoms with Crippen LogP contribution in [0, 0.1) is 5.92 Å². The van der Waals surface area contributed by atoms with E-state index in [-0.39, 0.29) is 0 Å². The summed E-state index contributed by atoms with van der Waals surface area (Å²) in [6.07, 6.45) is 10.0. The van der Waals surface area contributed by atoms with Crippen LogP contribution in [0.15, 0.2) is 35.3 Å². The van der Waals surface area contributed by atoms with Crippen molar-refractivity contribution in [1.82, 2.24) is 0 Å². The van der Waals surface area contributed by atoms with Crippen molar-refractivity contribution < 1.29 is 9.53 Å². The lowest BCUT2D eigenvalue weighted by atomic mass is 9.64. The Morgan fingerprint density at radius 3 is 3.11 bits per heavy atom. The summed E-state index contributed by atoms with van der Waals surface area (Å²) in [6, 6.07) is 6.13. The third-order valence-electron chi connectivity index (χ3n) is 4.48. The van der Waals surface area contributed by atoms with E-state index < -0.39 is 5.54 Å². The summed E-state index contributed by atoms with van der Waals surface area (Å²) in [6.45, 7) is 0. The summed E-state index contributed by atoms with van der Waals surface area (Å²) in [5, 5.41) is 0. The van der Waals surface area contributed by atoms with Gasteiger partial charge in [-0.15, -0.1) is 0 Å². The van der Waals surface area contributed by atoms with Gasteiger partial charge in [-0.25, -0.2) is 4.79 Å². The first-order valence-corrected chi connectivity index (χ1v) is 6.71. The molecule has 3 rings (SSSR count). The fourth-order valence-corrected chi connectivity index (χ4v) is 3.48. The Bertz CT molecular complexity index is 572. The van der Waals surface area contributed by atoms with Crippen LogP contribution >= 0.6 is 0 Å². The second-order valence-corrected chi connectivity index (χ2v) is 5.30. The van der Waals surface area contributed by atoms with Crippen LogP contribution in [0.25, 0.3) is 0 Å². The Morgan fingerprint density at radius 1 is 1.42 bits per heavy atom.